The summed E-state index contributed by atoms with van der Waals surface area (Å²) >= 11 is 0. The van der Waals surface area contributed by atoms with Gasteiger partial charge in [-0.3, -0.25) is 9.59 Å². The molecule has 5 nitrogen and oxygen atoms in total. The third kappa shape index (κ3) is 5.67. The molecule has 0 saturated carbocycles. The van der Waals surface area contributed by atoms with Crippen molar-refractivity contribution in [2.75, 3.05) is 18.6 Å². The molecule has 0 bridgehead atoms. The van der Waals surface area contributed by atoms with Gasteiger partial charge in [0.1, 0.15) is 17.6 Å². The van der Waals surface area contributed by atoms with E-state index in [0.717, 1.165) is 11.3 Å². The number of anilines is 1. The van der Waals surface area contributed by atoms with Crippen molar-refractivity contribution in [3.05, 3.63) is 66.0 Å². The predicted molar refractivity (Wildman–Crippen MR) is 104 cm³/mol. The number of halogens is 1. The smallest absolute Gasteiger partial charge is 0.249 e. The Morgan fingerprint density at radius 1 is 1.15 bits per heavy atom. The highest BCUT2D eigenvalue weighted by Crippen LogP contribution is 2.16. The number of methoxy groups -OCH3 is 1. The highest BCUT2D eigenvalue weighted by atomic mass is 19.1. The maximum absolute atomic E-state index is 13.1. The topological polar surface area (TPSA) is 58.6 Å². The van der Waals surface area contributed by atoms with Gasteiger partial charge in [0, 0.05) is 18.3 Å². The Hall–Kier alpha value is -3.15. The van der Waals surface area contributed by atoms with Crippen molar-refractivity contribution in [3.63, 3.8) is 0 Å². The van der Waals surface area contributed by atoms with Crippen molar-refractivity contribution < 1.29 is 18.7 Å². The van der Waals surface area contributed by atoms with Crippen LogP contribution in [0.3, 0.4) is 0 Å². The zero-order valence-electron chi connectivity index (χ0n) is 15.6. The van der Waals surface area contributed by atoms with Crippen LogP contribution in [0, 0.1) is 5.82 Å². The zero-order valence-corrected chi connectivity index (χ0v) is 15.6. The fraction of sp³-hybridized carbons (Fsp3) is 0.238. The lowest BCUT2D eigenvalue weighted by Gasteiger charge is -2.24. The van der Waals surface area contributed by atoms with E-state index >= 15 is 0 Å². The Labute approximate surface area is 158 Å². The average Bonchev–Trinajstić information content (AvgIpc) is 2.68. The van der Waals surface area contributed by atoms with Crippen LogP contribution in [-0.4, -0.2) is 31.5 Å². The minimum Gasteiger partial charge on any atom is -0.497 e. The Morgan fingerprint density at radius 2 is 1.78 bits per heavy atom. The highest BCUT2D eigenvalue weighted by molar-refractivity contribution is 6.01. The molecule has 0 spiro atoms. The number of carbonyl (C=O) groups excluding carboxylic acids is 2. The van der Waals surface area contributed by atoms with Crippen LogP contribution in [-0.2, 0) is 9.59 Å². The predicted octanol–water partition coefficient (Wildman–Crippen LogP) is 3.41. The molecule has 142 valence electrons. The van der Waals surface area contributed by atoms with Crippen molar-refractivity contribution in [2.45, 2.75) is 19.9 Å². The number of hydrogen-bond acceptors (Lipinski definition) is 3. The van der Waals surface area contributed by atoms with Crippen LogP contribution in [0.5, 0.6) is 5.75 Å². The monoisotopic (exact) mass is 370 g/mol. The van der Waals surface area contributed by atoms with Gasteiger partial charge in [0.25, 0.3) is 0 Å². The molecular weight excluding hydrogens is 347 g/mol. The molecule has 2 aromatic carbocycles. The maximum atomic E-state index is 13.1. The number of carbonyl (C=O) groups is 2. The molecule has 1 atom stereocenters. The molecule has 0 heterocycles. The van der Waals surface area contributed by atoms with Crippen LogP contribution >= 0.6 is 0 Å². The quantitative estimate of drug-likeness (QED) is 0.760. The van der Waals surface area contributed by atoms with E-state index in [1.54, 1.807) is 32.2 Å². The Morgan fingerprint density at radius 3 is 2.33 bits per heavy atom. The molecule has 1 N–H and O–H groups in total. The van der Waals surface area contributed by atoms with Crippen molar-refractivity contribution in [2.24, 2.45) is 0 Å². The standard InChI is InChI=1S/C21H23FN2O3/c1-4-24(18-10-8-17(22)9-11-18)21(26)15(2)23-20(25)14-7-16-5-12-19(27-3)13-6-16/h5-15H,4H2,1-3H3,(H,23,25)/b14-7+. The first kappa shape index (κ1) is 20.2. The molecule has 1 unspecified atom stereocenters. The van der Waals surface area contributed by atoms with Crippen molar-refractivity contribution in [1.82, 2.24) is 5.32 Å². The summed E-state index contributed by atoms with van der Waals surface area (Å²) in [5.41, 5.74) is 1.42. The molecule has 2 rings (SSSR count). The first-order chi connectivity index (χ1) is 12.9. The summed E-state index contributed by atoms with van der Waals surface area (Å²) < 4.78 is 18.2. The second kappa shape index (κ2) is 9.52. The van der Waals surface area contributed by atoms with E-state index < -0.39 is 6.04 Å². The number of rotatable bonds is 7. The van der Waals surface area contributed by atoms with E-state index in [0.29, 0.717) is 12.2 Å². The Balaban J connectivity index is 1.98. The fourth-order valence-corrected chi connectivity index (χ4v) is 2.53. The molecule has 6 heteroatoms. The normalized spacial score (nSPS) is 11.9. The number of benzene rings is 2. The molecule has 0 aliphatic heterocycles. The van der Waals surface area contributed by atoms with Crippen LogP contribution < -0.4 is 15.0 Å². The third-order valence-electron chi connectivity index (χ3n) is 3.99. The summed E-state index contributed by atoms with van der Waals surface area (Å²) in [6.45, 7) is 3.85. The van der Waals surface area contributed by atoms with E-state index in [2.05, 4.69) is 5.32 Å². The van der Waals surface area contributed by atoms with Gasteiger partial charge in [-0.25, -0.2) is 4.39 Å². The fourth-order valence-electron chi connectivity index (χ4n) is 2.53. The van der Waals surface area contributed by atoms with E-state index in [1.807, 2.05) is 19.1 Å². The van der Waals surface area contributed by atoms with E-state index in [1.165, 1.54) is 35.2 Å². The van der Waals surface area contributed by atoms with E-state index in [-0.39, 0.29) is 17.6 Å². The van der Waals surface area contributed by atoms with Gasteiger partial charge in [-0.1, -0.05) is 12.1 Å². The second-order valence-electron chi connectivity index (χ2n) is 5.90. The molecule has 0 fully saturated rings. The van der Waals surface area contributed by atoms with Crippen LogP contribution in [0.15, 0.2) is 54.6 Å². The van der Waals surface area contributed by atoms with Crippen LogP contribution in [0.25, 0.3) is 6.08 Å². The Bertz CT molecular complexity index is 801. The maximum Gasteiger partial charge on any atom is 0.249 e. The lowest BCUT2D eigenvalue weighted by molar-refractivity contribution is -0.124. The molecule has 0 aliphatic rings. The number of hydrogen-bond donors (Lipinski definition) is 1. The van der Waals surface area contributed by atoms with Crippen molar-refractivity contribution in [1.29, 1.82) is 0 Å². The van der Waals surface area contributed by atoms with Crippen LogP contribution in [0.4, 0.5) is 10.1 Å². The summed E-state index contributed by atoms with van der Waals surface area (Å²) in [5.74, 6) is -0.277. The van der Waals surface area contributed by atoms with Gasteiger partial charge >= 0.3 is 0 Å². The second-order valence-corrected chi connectivity index (χ2v) is 5.90. The summed E-state index contributed by atoms with van der Waals surface area (Å²) in [6.07, 6.45) is 3.03. The SMILES string of the molecule is CCN(C(=O)C(C)NC(=O)/C=C/c1ccc(OC)cc1)c1ccc(F)cc1. The number of nitrogens with one attached hydrogen (secondary N) is 1. The summed E-state index contributed by atoms with van der Waals surface area (Å²) in [4.78, 5) is 26.2. The third-order valence-corrected chi connectivity index (χ3v) is 3.99. The van der Waals surface area contributed by atoms with Crippen molar-refractivity contribution in [3.8, 4) is 5.75 Å². The summed E-state index contributed by atoms with van der Waals surface area (Å²) in [5, 5.41) is 2.65. The summed E-state index contributed by atoms with van der Waals surface area (Å²) in [6, 6.07) is 12.2. The number of likely N-dealkylation sites (N-methyl/N-ethyl adjacent to an activating group) is 1. The first-order valence-corrected chi connectivity index (χ1v) is 8.64. The van der Waals surface area contributed by atoms with Gasteiger partial charge < -0.3 is 15.0 Å². The lowest BCUT2D eigenvalue weighted by Crippen LogP contribution is -2.46. The highest BCUT2D eigenvalue weighted by Gasteiger charge is 2.21. The Kier molecular flexibility index (Phi) is 7.11. The van der Waals surface area contributed by atoms with Gasteiger partial charge in [0.05, 0.1) is 7.11 Å². The number of amides is 2. The molecule has 0 saturated heterocycles. The number of ether oxygens (including phenoxy) is 1. The molecule has 0 aliphatic carbocycles. The molecule has 2 amide bonds. The lowest BCUT2D eigenvalue weighted by atomic mass is 10.2. The molecular formula is C21H23FN2O3. The first-order valence-electron chi connectivity index (χ1n) is 8.64. The van der Waals surface area contributed by atoms with Crippen LogP contribution in [0.1, 0.15) is 19.4 Å². The van der Waals surface area contributed by atoms with Gasteiger partial charge in [-0.15, -0.1) is 0 Å². The van der Waals surface area contributed by atoms with Gasteiger partial charge in [0.2, 0.25) is 11.8 Å². The molecule has 0 radical (unpaired) electrons. The van der Waals surface area contributed by atoms with Crippen molar-refractivity contribution >= 4 is 23.6 Å². The minimum absolute atomic E-state index is 0.268. The molecule has 2 aromatic rings. The summed E-state index contributed by atoms with van der Waals surface area (Å²) in [7, 11) is 1.59. The van der Waals surface area contributed by atoms with E-state index in [9.17, 15) is 14.0 Å². The molecule has 0 aromatic heterocycles. The number of nitrogens with zero attached hydrogens (tertiary/aromatic N) is 1. The zero-order chi connectivity index (χ0) is 19.8. The van der Waals surface area contributed by atoms with E-state index in [4.69, 9.17) is 4.74 Å². The van der Waals surface area contributed by atoms with Crippen LogP contribution in [0.2, 0.25) is 0 Å². The van der Waals surface area contributed by atoms with Gasteiger partial charge in [0.15, 0.2) is 0 Å². The largest absolute Gasteiger partial charge is 0.497 e. The van der Waals surface area contributed by atoms with Gasteiger partial charge in [-0.05, 0) is 61.9 Å². The molecule has 27 heavy (non-hydrogen) atoms. The van der Waals surface area contributed by atoms with Gasteiger partial charge in [-0.2, -0.15) is 0 Å². The average molecular weight is 370 g/mol. The minimum atomic E-state index is -0.719.